The Morgan fingerprint density at radius 1 is 1.19 bits per heavy atom. The molecular weight excluding hydrogens is 292 g/mol. The standard InChI is InChI=1S/C14H12N2O4S/c17-14(15-12-3-1-2-4-13(12)21)9-20-11-7-5-10(6-8-11)16(18)19/h1-8,21H,9H2,(H,15,17). The highest BCUT2D eigenvalue weighted by Gasteiger charge is 2.07. The van der Waals surface area contributed by atoms with Crippen molar-refractivity contribution in [1.29, 1.82) is 0 Å². The highest BCUT2D eigenvalue weighted by atomic mass is 32.1. The van der Waals surface area contributed by atoms with Crippen LogP contribution in [0.5, 0.6) is 5.75 Å². The molecule has 0 spiro atoms. The van der Waals surface area contributed by atoms with Crippen LogP contribution in [0.3, 0.4) is 0 Å². The minimum Gasteiger partial charge on any atom is -0.484 e. The SMILES string of the molecule is O=C(COc1ccc([N+](=O)[O-])cc1)Nc1ccccc1S. The molecule has 0 heterocycles. The number of nitro benzene ring substituents is 1. The number of para-hydroxylation sites is 1. The fourth-order valence-electron chi connectivity index (χ4n) is 1.58. The lowest BCUT2D eigenvalue weighted by molar-refractivity contribution is -0.384. The van der Waals surface area contributed by atoms with E-state index in [-0.39, 0.29) is 18.2 Å². The van der Waals surface area contributed by atoms with E-state index in [2.05, 4.69) is 17.9 Å². The molecule has 2 aromatic carbocycles. The molecule has 0 radical (unpaired) electrons. The topological polar surface area (TPSA) is 81.5 Å². The summed E-state index contributed by atoms with van der Waals surface area (Å²) in [6, 6.07) is 12.6. The molecule has 0 bridgehead atoms. The van der Waals surface area contributed by atoms with Crippen molar-refractivity contribution in [3.05, 3.63) is 58.6 Å². The van der Waals surface area contributed by atoms with Crippen LogP contribution in [0.15, 0.2) is 53.4 Å². The van der Waals surface area contributed by atoms with Crippen molar-refractivity contribution >= 4 is 29.9 Å². The number of nitro groups is 1. The van der Waals surface area contributed by atoms with Gasteiger partial charge >= 0.3 is 0 Å². The first-order chi connectivity index (χ1) is 10.1. The summed E-state index contributed by atoms with van der Waals surface area (Å²) in [7, 11) is 0. The van der Waals surface area contributed by atoms with E-state index in [0.29, 0.717) is 16.3 Å². The zero-order valence-corrected chi connectivity index (χ0v) is 11.7. The summed E-state index contributed by atoms with van der Waals surface area (Å²) in [4.78, 5) is 22.4. The summed E-state index contributed by atoms with van der Waals surface area (Å²) in [6.07, 6.45) is 0. The van der Waals surface area contributed by atoms with Crippen LogP contribution in [0.2, 0.25) is 0 Å². The molecule has 0 saturated heterocycles. The molecule has 7 heteroatoms. The van der Waals surface area contributed by atoms with Gasteiger partial charge in [0.2, 0.25) is 0 Å². The molecule has 0 aliphatic carbocycles. The lowest BCUT2D eigenvalue weighted by Gasteiger charge is -2.08. The lowest BCUT2D eigenvalue weighted by atomic mass is 10.3. The number of anilines is 1. The van der Waals surface area contributed by atoms with Crippen molar-refractivity contribution in [2.45, 2.75) is 4.90 Å². The summed E-state index contributed by atoms with van der Waals surface area (Å²) < 4.78 is 5.26. The van der Waals surface area contributed by atoms with Gasteiger partial charge in [0.1, 0.15) is 5.75 Å². The molecule has 0 aromatic heterocycles. The Labute approximate surface area is 126 Å². The predicted molar refractivity (Wildman–Crippen MR) is 80.9 cm³/mol. The van der Waals surface area contributed by atoms with Gasteiger partial charge in [0, 0.05) is 17.0 Å². The van der Waals surface area contributed by atoms with E-state index < -0.39 is 4.92 Å². The third kappa shape index (κ3) is 4.22. The van der Waals surface area contributed by atoms with Crippen LogP contribution in [-0.2, 0) is 4.79 Å². The van der Waals surface area contributed by atoms with Crippen molar-refractivity contribution in [2.75, 3.05) is 11.9 Å². The first-order valence-electron chi connectivity index (χ1n) is 6.01. The van der Waals surface area contributed by atoms with Gasteiger partial charge < -0.3 is 10.1 Å². The Balaban J connectivity index is 1.89. The Kier molecular flexibility index (Phi) is 4.78. The van der Waals surface area contributed by atoms with Crippen LogP contribution in [-0.4, -0.2) is 17.4 Å². The minimum atomic E-state index is -0.500. The number of nitrogens with zero attached hydrogens (tertiary/aromatic N) is 1. The molecule has 0 aliphatic heterocycles. The van der Waals surface area contributed by atoms with Gasteiger partial charge in [-0.1, -0.05) is 12.1 Å². The predicted octanol–water partition coefficient (Wildman–Crippen LogP) is 2.90. The van der Waals surface area contributed by atoms with Gasteiger partial charge in [-0.05, 0) is 24.3 Å². The summed E-state index contributed by atoms with van der Waals surface area (Å²) in [5.41, 5.74) is 0.564. The van der Waals surface area contributed by atoms with Crippen molar-refractivity contribution in [3.63, 3.8) is 0 Å². The zero-order chi connectivity index (χ0) is 15.2. The quantitative estimate of drug-likeness (QED) is 0.505. The Morgan fingerprint density at radius 3 is 2.48 bits per heavy atom. The second-order valence-electron chi connectivity index (χ2n) is 4.11. The second kappa shape index (κ2) is 6.76. The number of thiol groups is 1. The number of ether oxygens (including phenoxy) is 1. The van der Waals surface area contributed by atoms with Gasteiger partial charge in [-0.3, -0.25) is 14.9 Å². The highest BCUT2D eigenvalue weighted by molar-refractivity contribution is 7.80. The number of carbonyl (C=O) groups is 1. The lowest BCUT2D eigenvalue weighted by Crippen LogP contribution is -2.20. The van der Waals surface area contributed by atoms with Crippen LogP contribution in [0, 0.1) is 10.1 Å². The van der Waals surface area contributed by atoms with E-state index in [1.807, 2.05) is 6.07 Å². The van der Waals surface area contributed by atoms with E-state index in [1.165, 1.54) is 24.3 Å². The first kappa shape index (κ1) is 14.9. The fourth-order valence-corrected chi connectivity index (χ4v) is 1.80. The van der Waals surface area contributed by atoms with Crippen LogP contribution in [0.1, 0.15) is 0 Å². The summed E-state index contributed by atoms with van der Waals surface area (Å²) in [6.45, 7) is -0.195. The molecule has 108 valence electrons. The average Bonchev–Trinajstić information content (AvgIpc) is 2.48. The maximum absolute atomic E-state index is 11.7. The van der Waals surface area contributed by atoms with Gasteiger partial charge in [-0.15, -0.1) is 12.6 Å². The Bertz CT molecular complexity index is 658. The van der Waals surface area contributed by atoms with Gasteiger partial charge in [-0.25, -0.2) is 0 Å². The van der Waals surface area contributed by atoms with E-state index >= 15 is 0 Å². The molecule has 1 N–H and O–H groups in total. The largest absolute Gasteiger partial charge is 0.484 e. The molecule has 0 aliphatic rings. The van der Waals surface area contributed by atoms with E-state index in [9.17, 15) is 14.9 Å². The van der Waals surface area contributed by atoms with E-state index in [1.54, 1.807) is 18.2 Å². The monoisotopic (exact) mass is 304 g/mol. The van der Waals surface area contributed by atoms with Crippen molar-refractivity contribution in [2.24, 2.45) is 0 Å². The second-order valence-corrected chi connectivity index (χ2v) is 4.59. The number of rotatable bonds is 5. The Morgan fingerprint density at radius 2 is 1.86 bits per heavy atom. The molecule has 1 amide bonds. The Hall–Kier alpha value is -2.54. The zero-order valence-electron chi connectivity index (χ0n) is 10.9. The van der Waals surface area contributed by atoms with Gasteiger partial charge in [0.25, 0.3) is 11.6 Å². The summed E-state index contributed by atoms with van der Waals surface area (Å²) >= 11 is 4.22. The molecule has 21 heavy (non-hydrogen) atoms. The molecule has 0 fully saturated rings. The number of amides is 1. The molecule has 2 rings (SSSR count). The van der Waals surface area contributed by atoms with E-state index in [4.69, 9.17) is 4.74 Å². The maximum Gasteiger partial charge on any atom is 0.269 e. The molecule has 0 unspecified atom stereocenters. The van der Waals surface area contributed by atoms with Crippen LogP contribution in [0.25, 0.3) is 0 Å². The number of nitrogens with one attached hydrogen (secondary N) is 1. The smallest absolute Gasteiger partial charge is 0.269 e. The third-order valence-electron chi connectivity index (χ3n) is 2.60. The number of non-ortho nitro benzene ring substituents is 1. The number of carbonyl (C=O) groups excluding carboxylic acids is 1. The third-order valence-corrected chi connectivity index (χ3v) is 2.99. The normalized spacial score (nSPS) is 9.95. The number of hydrogen-bond donors (Lipinski definition) is 2. The highest BCUT2D eigenvalue weighted by Crippen LogP contribution is 2.19. The van der Waals surface area contributed by atoms with Crippen molar-refractivity contribution in [3.8, 4) is 5.75 Å². The van der Waals surface area contributed by atoms with Gasteiger partial charge in [0.15, 0.2) is 6.61 Å². The molecule has 0 saturated carbocycles. The van der Waals surface area contributed by atoms with Crippen LogP contribution in [0.4, 0.5) is 11.4 Å². The molecule has 6 nitrogen and oxygen atoms in total. The molecule has 2 aromatic rings. The summed E-state index contributed by atoms with van der Waals surface area (Å²) in [5.74, 6) is 0.0461. The van der Waals surface area contributed by atoms with Gasteiger partial charge in [0.05, 0.1) is 10.6 Å². The van der Waals surface area contributed by atoms with Crippen LogP contribution < -0.4 is 10.1 Å². The molecular formula is C14H12N2O4S. The van der Waals surface area contributed by atoms with Crippen molar-refractivity contribution in [1.82, 2.24) is 0 Å². The summed E-state index contributed by atoms with van der Waals surface area (Å²) in [5, 5.41) is 13.2. The first-order valence-corrected chi connectivity index (χ1v) is 6.46. The van der Waals surface area contributed by atoms with Gasteiger partial charge in [-0.2, -0.15) is 0 Å². The van der Waals surface area contributed by atoms with Crippen LogP contribution >= 0.6 is 12.6 Å². The van der Waals surface area contributed by atoms with Crippen molar-refractivity contribution < 1.29 is 14.5 Å². The molecule has 0 atom stereocenters. The number of benzene rings is 2. The average molecular weight is 304 g/mol. The van der Waals surface area contributed by atoms with E-state index in [0.717, 1.165) is 0 Å². The number of hydrogen-bond acceptors (Lipinski definition) is 5. The minimum absolute atomic E-state index is 0.0317. The maximum atomic E-state index is 11.7. The fraction of sp³-hybridized carbons (Fsp3) is 0.0714.